The minimum absolute atomic E-state index is 0.229. The SMILES string of the molecule is CSN(c1cccc(C(C)(C)C)c1)C1CCCCC1. The van der Waals surface area contributed by atoms with Crippen molar-refractivity contribution >= 4 is 17.6 Å². The molecule has 1 nitrogen and oxygen atoms in total. The number of rotatable bonds is 3. The summed E-state index contributed by atoms with van der Waals surface area (Å²) in [4.78, 5) is 0. The molecule has 1 aliphatic rings. The van der Waals surface area contributed by atoms with Crippen molar-refractivity contribution in [2.45, 2.75) is 64.3 Å². The Bertz CT molecular complexity index is 402. The highest BCUT2D eigenvalue weighted by Gasteiger charge is 2.22. The van der Waals surface area contributed by atoms with Crippen molar-refractivity contribution in [3.8, 4) is 0 Å². The Hall–Kier alpha value is -0.630. The molecule has 0 heterocycles. The topological polar surface area (TPSA) is 3.24 Å². The lowest BCUT2D eigenvalue weighted by atomic mass is 9.87. The van der Waals surface area contributed by atoms with Gasteiger partial charge in [0.2, 0.25) is 0 Å². The minimum atomic E-state index is 0.229. The van der Waals surface area contributed by atoms with Crippen LogP contribution < -0.4 is 4.31 Å². The molecule has 106 valence electrons. The van der Waals surface area contributed by atoms with Crippen LogP contribution in [0.1, 0.15) is 58.4 Å². The van der Waals surface area contributed by atoms with E-state index in [4.69, 9.17) is 0 Å². The van der Waals surface area contributed by atoms with Crippen LogP contribution in [0.3, 0.4) is 0 Å². The second-order valence-electron chi connectivity index (χ2n) is 6.60. The molecular weight excluding hydrogens is 250 g/mol. The predicted octanol–water partition coefficient (Wildman–Crippen LogP) is 5.40. The monoisotopic (exact) mass is 277 g/mol. The molecule has 1 aromatic carbocycles. The van der Waals surface area contributed by atoms with E-state index in [1.165, 1.54) is 43.4 Å². The summed E-state index contributed by atoms with van der Waals surface area (Å²) in [5, 5.41) is 0. The molecule has 1 aromatic rings. The van der Waals surface area contributed by atoms with E-state index in [0.29, 0.717) is 0 Å². The third kappa shape index (κ3) is 3.68. The van der Waals surface area contributed by atoms with Crippen LogP contribution in [0.4, 0.5) is 5.69 Å². The van der Waals surface area contributed by atoms with Crippen molar-refractivity contribution in [3.63, 3.8) is 0 Å². The van der Waals surface area contributed by atoms with Gasteiger partial charge in [-0.3, -0.25) is 0 Å². The lowest BCUT2D eigenvalue weighted by Crippen LogP contribution is -2.31. The van der Waals surface area contributed by atoms with E-state index < -0.39 is 0 Å². The number of benzene rings is 1. The molecule has 2 heteroatoms. The van der Waals surface area contributed by atoms with Gasteiger partial charge < -0.3 is 4.31 Å². The van der Waals surface area contributed by atoms with Gasteiger partial charge in [-0.25, -0.2) is 0 Å². The van der Waals surface area contributed by atoms with Crippen LogP contribution in [-0.2, 0) is 5.41 Å². The van der Waals surface area contributed by atoms with Crippen molar-refractivity contribution in [2.24, 2.45) is 0 Å². The molecule has 0 N–H and O–H groups in total. The molecule has 0 saturated heterocycles. The molecule has 0 aromatic heterocycles. The maximum Gasteiger partial charge on any atom is 0.0475 e. The van der Waals surface area contributed by atoms with Gasteiger partial charge in [0.1, 0.15) is 0 Å². The Morgan fingerprint density at radius 1 is 1.11 bits per heavy atom. The molecule has 1 fully saturated rings. The van der Waals surface area contributed by atoms with Gasteiger partial charge >= 0.3 is 0 Å². The van der Waals surface area contributed by atoms with E-state index in [2.05, 4.69) is 55.6 Å². The maximum atomic E-state index is 2.54. The first-order valence-corrected chi connectivity index (χ1v) is 8.64. The van der Waals surface area contributed by atoms with Crippen LogP contribution in [0.15, 0.2) is 24.3 Å². The first kappa shape index (κ1) is 14.8. The summed E-state index contributed by atoms with van der Waals surface area (Å²) in [6, 6.07) is 9.83. The first-order valence-electron chi connectivity index (χ1n) is 7.46. The van der Waals surface area contributed by atoms with E-state index in [-0.39, 0.29) is 5.41 Å². The molecule has 1 saturated carbocycles. The van der Waals surface area contributed by atoms with E-state index >= 15 is 0 Å². The standard InChI is InChI=1S/C17H27NS/c1-17(2,3)14-9-8-12-16(13-14)18(19-4)15-10-6-5-7-11-15/h8-9,12-13,15H,5-7,10-11H2,1-4H3. The lowest BCUT2D eigenvalue weighted by molar-refractivity contribution is 0.446. The van der Waals surface area contributed by atoms with Crippen LogP contribution in [0.25, 0.3) is 0 Å². The smallest absolute Gasteiger partial charge is 0.0475 e. The largest absolute Gasteiger partial charge is 0.313 e. The first-order chi connectivity index (χ1) is 9.02. The quantitative estimate of drug-likeness (QED) is 0.680. The van der Waals surface area contributed by atoms with Crippen LogP contribution in [0.2, 0.25) is 0 Å². The lowest BCUT2D eigenvalue weighted by Gasteiger charge is -2.34. The average molecular weight is 277 g/mol. The third-order valence-corrected chi connectivity index (χ3v) is 4.97. The Kier molecular flexibility index (Phi) is 4.83. The van der Waals surface area contributed by atoms with E-state index in [1.807, 2.05) is 11.9 Å². The summed E-state index contributed by atoms with van der Waals surface area (Å²) in [6.45, 7) is 6.86. The van der Waals surface area contributed by atoms with Gasteiger partial charge in [0.15, 0.2) is 0 Å². The number of hydrogen-bond donors (Lipinski definition) is 0. The van der Waals surface area contributed by atoms with Gasteiger partial charge in [0, 0.05) is 18.0 Å². The maximum absolute atomic E-state index is 2.54. The van der Waals surface area contributed by atoms with Gasteiger partial charge in [-0.05, 0) is 36.0 Å². The van der Waals surface area contributed by atoms with Gasteiger partial charge in [0.05, 0.1) is 0 Å². The Balaban J connectivity index is 2.22. The summed E-state index contributed by atoms with van der Waals surface area (Å²) in [5.41, 5.74) is 3.04. The highest BCUT2D eigenvalue weighted by molar-refractivity contribution is 8.00. The number of anilines is 1. The zero-order valence-corrected chi connectivity index (χ0v) is 13.6. The fourth-order valence-electron chi connectivity index (χ4n) is 2.89. The molecule has 19 heavy (non-hydrogen) atoms. The van der Waals surface area contributed by atoms with Crippen LogP contribution >= 0.6 is 11.9 Å². The summed E-state index contributed by atoms with van der Waals surface area (Å²) >= 11 is 1.88. The molecular formula is C17H27NS. The van der Waals surface area contributed by atoms with Crippen LogP contribution in [-0.4, -0.2) is 12.3 Å². The van der Waals surface area contributed by atoms with Crippen LogP contribution in [0, 0.1) is 0 Å². The fourth-order valence-corrected chi connectivity index (χ4v) is 3.72. The highest BCUT2D eigenvalue weighted by atomic mass is 32.2. The van der Waals surface area contributed by atoms with Gasteiger partial charge in [-0.1, -0.05) is 64.1 Å². The second kappa shape index (κ2) is 6.21. The summed E-state index contributed by atoms with van der Waals surface area (Å²) in [6.07, 6.45) is 9.10. The van der Waals surface area contributed by atoms with Crippen molar-refractivity contribution in [1.29, 1.82) is 0 Å². The Morgan fingerprint density at radius 3 is 2.37 bits per heavy atom. The molecule has 0 unspecified atom stereocenters. The molecule has 0 amide bonds. The highest BCUT2D eigenvalue weighted by Crippen LogP contribution is 2.34. The molecule has 0 spiro atoms. The van der Waals surface area contributed by atoms with Crippen molar-refractivity contribution in [2.75, 3.05) is 10.6 Å². The van der Waals surface area contributed by atoms with Gasteiger partial charge in [-0.2, -0.15) is 0 Å². The molecule has 0 aliphatic heterocycles. The minimum Gasteiger partial charge on any atom is -0.313 e. The number of nitrogens with zero attached hydrogens (tertiary/aromatic N) is 1. The molecule has 1 aliphatic carbocycles. The summed E-state index contributed by atoms with van der Waals surface area (Å²) in [5.74, 6) is 0. The van der Waals surface area contributed by atoms with Gasteiger partial charge in [0.25, 0.3) is 0 Å². The van der Waals surface area contributed by atoms with Crippen molar-refractivity contribution < 1.29 is 0 Å². The molecule has 0 radical (unpaired) electrons. The summed E-state index contributed by atoms with van der Waals surface area (Å²) in [7, 11) is 0. The average Bonchev–Trinajstić information content (AvgIpc) is 2.40. The fraction of sp³-hybridized carbons (Fsp3) is 0.647. The Labute approximate surface area is 122 Å². The Morgan fingerprint density at radius 2 is 1.79 bits per heavy atom. The van der Waals surface area contributed by atoms with Crippen molar-refractivity contribution in [3.05, 3.63) is 29.8 Å². The molecule has 2 rings (SSSR count). The summed E-state index contributed by atoms with van der Waals surface area (Å²) < 4.78 is 2.54. The van der Waals surface area contributed by atoms with Crippen LogP contribution in [0.5, 0.6) is 0 Å². The zero-order valence-electron chi connectivity index (χ0n) is 12.8. The molecule has 0 atom stereocenters. The zero-order chi connectivity index (χ0) is 13.9. The molecule has 0 bridgehead atoms. The van der Waals surface area contributed by atoms with Crippen molar-refractivity contribution in [1.82, 2.24) is 0 Å². The van der Waals surface area contributed by atoms with Gasteiger partial charge in [-0.15, -0.1) is 0 Å². The normalized spacial score (nSPS) is 17.5. The number of hydrogen-bond acceptors (Lipinski definition) is 2. The second-order valence-corrected chi connectivity index (χ2v) is 7.36. The van der Waals surface area contributed by atoms with E-state index in [1.54, 1.807) is 0 Å². The third-order valence-electron chi connectivity index (χ3n) is 4.07. The van der Waals surface area contributed by atoms with E-state index in [9.17, 15) is 0 Å². The van der Waals surface area contributed by atoms with E-state index in [0.717, 1.165) is 6.04 Å². The predicted molar refractivity (Wildman–Crippen MR) is 88.0 cm³/mol.